The molecule has 0 fully saturated rings. The van der Waals surface area contributed by atoms with Crippen molar-refractivity contribution in [3.05, 3.63) is 0 Å². The molecule has 13 nitrogen and oxygen atoms in total. The van der Waals surface area contributed by atoms with Gasteiger partial charge in [0.1, 0.15) is 18.1 Å². The van der Waals surface area contributed by atoms with E-state index in [4.69, 9.17) is 28.0 Å². The Balaban J connectivity index is 4.97. The molecule has 0 saturated carbocycles. The molecular weight excluding hydrogens is 362 g/mol. The number of guanidine groups is 1. The standard InChI is InChI=1S/C14H27N7O6/c15-7(6-22)11(24)20-8(3-4-10(16)23)12(25)21-9(13(26)27)2-1-5-19-14(17)18/h7-9,22H,1-6,15H2,(H2,16,23)(H,20,24)(H,21,25)(H,26,27)(H4,17,18,19)/t7-,8-,9-/m0/s1. The highest BCUT2D eigenvalue weighted by molar-refractivity contribution is 5.92. The van der Waals surface area contributed by atoms with E-state index in [1.165, 1.54) is 0 Å². The zero-order chi connectivity index (χ0) is 21.0. The number of carbonyl (C=O) groups excluding carboxylic acids is 3. The fourth-order valence-electron chi connectivity index (χ4n) is 1.95. The number of rotatable bonds is 13. The van der Waals surface area contributed by atoms with Crippen molar-refractivity contribution < 1.29 is 29.4 Å². The number of nitrogens with two attached hydrogens (primary N) is 4. The molecule has 0 aromatic rings. The maximum absolute atomic E-state index is 12.3. The third-order valence-corrected chi connectivity index (χ3v) is 3.41. The largest absolute Gasteiger partial charge is 0.480 e. The number of carboxylic acids is 1. The number of amides is 3. The van der Waals surface area contributed by atoms with Crippen LogP contribution in [-0.4, -0.2) is 71.1 Å². The first-order valence-corrected chi connectivity index (χ1v) is 8.12. The Morgan fingerprint density at radius 1 is 0.963 bits per heavy atom. The molecule has 12 N–H and O–H groups in total. The molecule has 0 aromatic heterocycles. The van der Waals surface area contributed by atoms with Gasteiger partial charge >= 0.3 is 5.97 Å². The molecule has 0 saturated heterocycles. The lowest BCUT2D eigenvalue weighted by Gasteiger charge is -2.22. The van der Waals surface area contributed by atoms with E-state index < -0.39 is 48.4 Å². The minimum absolute atomic E-state index is 0.0322. The van der Waals surface area contributed by atoms with Crippen LogP contribution in [0.5, 0.6) is 0 Å². The fourth-order valence-corrected chi connectivity index (χ4v) is 1.95. The van der Waals surface area contributed by atoms with E-state index in [2.05, 4.69) is 15.6 Å². The second-order valence-electron chi connectivity index (χ2n) is 5.70. The highest BCUT2D eigenvalue weighted by Crippen LogP contribution is 2.03. The van der Waals surface area contributed by atoms with Gasteiger partial charge in [0, 0.05) is 13.0 Å². The van der Waals surface area contributed by atoms with Gasteiger partial charge in [-0.25, -0.2) is 4.79 Å². The lowest BCUT2D eigenvalue weighted by molar-refractivity contribution is -0.142. The SMILES string of the molecule is NC(=O)CC[C@H](NC(=O)[C@@H](N)CO)C(=O)N[C@@H](CCCN=C(N)N)C(=O)O. The van der Waals surface area contributed by atoms with Crippen molar-refractivity contribution in [1.29, 1.82) is 0 Å². The molecule has 0 aliphatic carbocycles. The Kier molecular flexibility index (Phi) is 11.1. The van der Waals surface area contributed by atoms with Crippen LogP contribution in [0, 0.1) is 0 Å². The molecule has 13 heteroatoms. The normalized spacial score (nSPS) is 13.7. The minimum atomic E-state index is -1.29. The van der Waals surface area contributed by atoms with Crippen LogP contribution in [-0.2, 0) is 19.2 Å². The number of aliphatic imine (C=N–C) groups is 1. The maximum atomic E-state index is 12.3. The Hall–Kier alpha value is -2.93. The van der Waals surface area contributed by atoms with E-state index in [-0.39, 0.29) is 38.2 Å². The number of carbonyl (C=O) groups is 4. The van der Waals surface area contributed by atoms with Crippen molar-refractivity contribution in [1.82, 2.24) is 10.6 Å². The molecule has 3 amide bonds. The van der Waals surface area contributed by atoms with E-state index in [0.29, 0.717) is 0 Å². The molecule has 0 unspecified atom stereocenters. The third kappa shape index (κ3) is 10.6. The van der Waals surface area contributed by atoms with Crippen molar-refractivity contribution in [2.45, 2.75) is 43.8 Å². The average Bonchev–Trinajstić information content (AvgIpc) is 2.59. The summed E-state index contributed by atoms with van der Waals surface area (Å²) in [5.74, 6) is -3.80. The molecular formula is C14H27N7O6. The van der Waals surface area contributed by atoms with Crippen molar-refractivity contribution in [3.8, 4) is 0 Å². The number of aliphatic hydroxyl groups is 1. The second-order valence-corrected chi connectivity index (χ2v) is 5.70. The van der Waals surface area contributed by atoms with Gasteiger partial charge in [-0.05, 0) is 19.3 Å². The number of carboxylic acid groups (broad SMARTS) is 1. The van der Waals surface area contributed by atoms with Crippen LogP contribution in [0.15, 0.2) is 4.99 Å². The smallest absolute Gasteiger partial charge is 0.326 e. The zero-order valence-electron chi connectivity index (χ0n) is 14.8. The van der Waals surface area contributed by atoms with Gasteiger partial charge in [0.15, 0.2) is 5.96 Å². The summed E-state index contributed by atoms with van der Waals surface area (Å²) in [5, 5.41) is 22.6. The molecule has 0 radical (unpaired) electrons. The average molecular weight is 389 g/mol. The number of hydrogen-bond donors (Lipinski definition) is 8. The molecule has 0 aliphatic heterocycles. The Morgan fingerprint density at radius 2 is 1.56 bits per heavy atom. The van der Waals surface area contributed by atoms with Gasteiger partial charge in [-0.15, -0.1) is 0 Å². The summed E-state index contributed by atoms with van der Waals surface area (Å²) >= 11 is 0. The molecule has 0 rings (SSSR count). The molecule has 27 heavy (non-hydrogen) atoms. The summed E-state index contributed by atoms with van der Waals surface area (Å²) in [5.41, 5.74) is 20.7. The van der Waals surface area contributed by atoms with Gasteiger partial charge < -0.3 is 43.8 Å². The van der Waals surface area contributed by atoms with Crippen molar-refractivity contribution in [3.63, 3.8) is 0 Å². The lowest BCUT2D eigenvalue weighted by atomic mass is 10.1. The van der Waals surface area contributed by atoms with Gasteiger partial charge in [0.2, 0.25) is 17.7 Å². The number of hydrogen-bond acceptors (Lipinski definition) is 7. The highest BCUT2D eigenvalue weighted by Gasteiger charge is 2.27. The molecule has 0 aliphatic rings. The summed E-state index contributed by atoms with van der Waals surface area (Å²) in [4.78, 5) is 50.1. The zero-order valence-corrected chi connectivity index (χ0v) is 14.8. The van der Waals surface area contributed by atoms with Crippen molar-refractivity contribution in [2.24, 2.45) is 27.9 Å². The second kappa shape index (κ2) is 12.4. The van der Waals surface area contributed by atoms with Gasteiger partial charge in [-0.1, -0.05) is 0 Å². The fraction of sp³-hybridized carbons (Fsp3) is 0.643. The van der Waals surface area contributed by atoms with Crippen LogP contribution in [0.25, 0.3) is 0 Å². The van der Waals surface area contributed by atoms with Crippen LogP contribution >= 0.6 is 0 Å². The minimum Gasteiger partial charge on any atom is -0.480 e. The first-order chi connectivity index (χ1) is 12.6. The summed E-state index contributed by atoms with van der Waals surface area (Å²) in [6.45, 7) is -0.478. The summed E-state index contributed by atoms with van der Waals surface area (Å²) in [6.07, 6.45) is -0.0757. The third-order valence-electron chi connectivity index (χ3n) is 3.41. The van der Waals surface area contributed by atoms with E-state index in [1.807, 2.05) is 0 Å². The molecule has 0 heterocycles. The van der Waals surface area contributed by atoms with Crippen LogP contribution in [0.3, 0.4) is 0 Å². The van der Waals surface area contributed by atoms with E-state index >= 15 is 0 Å². The summed E-state index contributed by atoms with van der Waals surface area (Å²) < 4.78 is 0. The highest BCUT2D eigenvalue weighted by atomic mass is 16.4. The van der Waals surface area contributed by atoms with Gasteiger partial charge in [0.25, 0.3) is 0 Å². The van der Waals surface area contributed by atoms with Gasteiger partial charge in [-0.3, -0.25) is 19.4 Å². The van der Waals surface area contributed by atoms with Crippen molar-refractivity contribution in [2.75, 3.05) is 13.2 Å². The molecule has 3 atom stereocenters. The number of aliphatic hydroxyl groups excluding tert-OH is 1. The number of aliphatic carboxylic acids is 1. The summed E-state index contributed by atoms with van der Waals surface area (Å²) in [7, 11) is 0. The Labute approximate surface area is 155 Å². The van der Waals surface area contributed by atoms with Gasteiger partial charge in [0.05, 0.1) is 6.61 Å². The lowest BCUT2D eigenvalue weighted by Crippen LogP contribution is -2.55. The quantitative estimate of drug-likeness (QED) is 0.0859. The predicted molar refractivity (Wildman–Crippen MR) is 94.9 cm³/mol. The Morgan fingerprint density at radius 3 is 2.04 bits per heavy atom. The monoisotopic (exact) mass is 389 g/mol. The summed E-state index contributed by atoms with van der Waals surface area (Å²) in [6, 6.07) is -3.78. The van der Waals surface area contributed by atoms with Crippen LogP contribution in [0.2, 0.25) is 0 Å². The van der Waals surface area contributed by atoms with Crippen LogP contribution < -0.4 is 33.6 Å². The number of nitrogens with zero attached hydrogens (tertiary/aromatic N) is 1. The van der Waals surface area contributed by atoms with Gasteiger partial charge in [-0.2, -0.15) is 0 Å². The number of primary amides is 1. The topological polar surface area (TPSA) is 249 Å². The predicted octanol–water partition coefficient (Wildman–Crippen LogP) is -4.32. The van der Waals surface area contributed by atoms with Crippen LogP contribution in [0.4, 0.5) is 0 Å². The molecule has 0 aromatic carbocycles. The molecule has 0 bridgehead atoms. The number of nitrogens with one attached hydrogen (secondary N) is 2. The molecule has 154 valence electrons. The maximum Gasteiger partial charge on any atom is 0.326 e. The van der Waals surface area contributed by atoms with E-state index in [1.54, 1.807) is 0 Å². The first kappa shape index (κ1) is 24.1. The molecule has 0 spiro atoms. The van der Waals surface area contributed by atoms with E-state index in [9.17, 15) is 24.3 Å². The van der Waals surface area contributed by atoms with E-state index in [0.717, 1.165) is 0 Å². The van der Waals surface area contributed by atoms with Crippen LogP contribution in [0.1, 0.15) is 25.7 Å². The van der Waals surface area contributed by atoms with Crippen molar-refractivity contribution >= 4 is 29.7 Å². The first-order valence-electron chi connectivity index (χ1n) is 8.12. The Bertz CT molecular complexity index is 564.